The van der Waals surface area contributed by atoms with E-state index in [0.29, 0.717) is 18.3 Å². The lowest BCUT2D eigenvalue weighted by atomic mass is 10.1. The second kappa shape index (κ2) is 3.98. The molecule has 0 aliphatic carbocycles. The van der Waals surface area contributed by atoms with Gasteiger partial charge in [0.25, 0.3) is 0 Å². The number of hydrogen-bond donors (Lipinski definition) is 2. The number of fused-ring (bicyclic) bond motifs is 1. The highest BCUT2D eigenvalue weighted by Crippen LogP contribution is 2.22. The minimum atomic E-state index is 0.534. The van der Waals surface area contributed by atoms with Crippen LogP contribution in [-0.2, 0) is 12.4 Å². The van der Waals surface area contributed by atoms with Crippen LogP contribution in [0.2, 0.25) is 0 Å². The van der Waals surface area contributed by atoms with E-state index in [1.165, 1.54) is 0 Å². The second-order valence-electron chi connectivity index (χ2n) is 3.30. The van der Waals surface area contributed by atoms with E-state index in [1.807, 2.05) is 12.1 Å². The second-order valence-corrected chi connectivity index (χ2v) is 3.57. The van der Waals surface area contributed by atoms with E-state index in [0.717, 1.165) is 23.4 Å². The number of alkyl halides is 1. The van der Waals surface area contributed by atoms with Gasteiger partial charge in [-0.05, 0) is 17.2 Å². The van der Waals surface area contributed by atoms with Crippen LogP contribution < -0.4 is 11.1 Å². The molecule has 0 atom stereocenters. The number of nitrogens with one attached hydrogen (secondary N) is 1. The van der Waals surface area contributed by atoms with E-state index < -0.39 is 0 Å². The summed E-state index contributed by atoms with van der Waals surface area (Å²) in [4.78, 5) is 4.30. The molecule has 0 aromatic heterocycles. The monoisotopic (exact) mass is 209 g/mol. The van der Waals surface area contributed by atoms with Crippen LogP contribution in [0, 0.1) is 0 Å². The summed E-state index contributed by atoms with van der Waals surface area (Å²) in [5, 5.41) is 3.21. The predicted molar refractivity (Wildman–Crippen MR) is 59.0 cm³/mol. The molecule has 74 valence electrons. The molecular weight excluding hydrogens is 198 g/mol. The van der Waals surface area contributed by atoms with Gasteiger partial charge in [-0.2, -0.15) is 0 Å². The third kappa shape index (κ3) is 1.89. The van der Waals surface area contributed by atoms with Crippen LogP contribution in [0.15, 0.2) is 23.2 Å². The average Bonchev–Trinajstić information content (AvgIpc) is 2.37. The lowest BCUT2D eigenvalue weighted by molar-refractivity contribution is 0.782. The predicted octanol–water partition coefficient (Wildman–Crippen LogP) is 1.52. The Kier molecular flexibility index (Phi) is 2.70. The van der Waals surface area contributed by atoms with Crippen LogP contribution in [0.4, 0.5) is 5.69 Å². The molecule has 3 nitrogen and oxygen atoms in total. The molecule has 1 aromatic rings. The Morgan fingerprint density at radius 2 is 2.29 bits per heavy atom. The van der Waals surface area contributed by atoms with Gasteiger partial charge in [-0.1, -0.05) is 12.1 Å². The maximum atomic E-state index is 5.76. The van der Waals surface area contributed by atoms with Crippen molar-refractivity contribution in [1.29, 1.82) is 0 Å². The van der Waals surface area contributed by atoms with Crippen molar-refractivity contribution in [3.05, 3.63) is 29.3 Å². The number of benzene rings is 1. The molecule has 1 aromatic carbocycles. The highest BCUT2D eigenvalue weighted by Gasteiger charge is 2.07. The molecule has 0 saturated heterocycles. The molecule has 4 heteroatoms. The first-order valence-corrected chi connectivity index (χ1v) is 5.04. The Morgan fingerprint density at radius 1 is 1.43 bits per heavy atom. The zero-order chi connectivity index (χ0) is 9.97. The van der Waals surface area contributed by atoms with Gasteiger partial charge in [0.05, 0.1) is 12.2 Å². The Balaban J connectivity index is 2.42. The molecule has 3 N–H and O–H groups in total. The molecule has 0 radical (unpaired) electrons. The highest BCUT2D eigenvalue weighted by atomic mass is 35.5. The molecular formula is C10H12ClN3. The first kappa shape index (κ1) is 9.49. The van der Waals surface area contributed by atoms with Gasteiger partial charge in [0, 0.05) is 12.4 Å². The first-order valence-electron chi connectivity index (χ1n) is 4.51. The van der Waals surface area contributed by atoms with Crippen molar-refractivity contribution in [3.8, 4) is 0 Å². The summed E-state index contributed by atoms with van der Waals surface area (Å²) in [6.07, 6.45) is 0. The number of nitrogens with zero attached hydrogens (tertiary/aromatic N) is 1. The third-order valence-electron chi connectivity index (χ3n) is 2.18. The Hall–Kier alpha value is -1.06. The van der Waals surface area contributed by atoms with Gasteiger partial charge in [-0.25, -0.2) is 4.99 Å². The lowest BCUT2D eigenvalue weighted by Gasteiger charge is -2.04. The molecule has 0 fully saturated rings. The normalized spacial score (nSPS) is 15.6. The van der Waals surface area contributed by atoms with Crippen molar-refractivity contribution >= 4 is 23.1 Å². The molecule has 14 heavy (non-hydrogen) atoms. The molecule has 0 saturated carbocycles. The summed E-state index contributed by atoms with van der Waals surface area (Å²) >= 11 is 5.76. The standard InChI is InChI=1S/C10H12ClN3/c11-4-7-1-2-9-8(3-7)5-13-6-10(12)14-9/h1-3,13H,4-6H2,(H2,12,14). The van der Waals surface area contributed by atoms with Gasteiger partial charge >= 0.3 is 0 Å². The van der Waals surface area contributed by atoms with Crippen LogP contribution in [0.5, 0.6) is 0 Å². The summed E-state index contributed by atoms with van der Waals surface area (Å²) in [5.74, 6) is 1.16. The van der Waals surface area contributed by atoms with Crippen LogP contribution in [0.3, 0.4) is 0 Å². The summed E-state index contributed by atoms with van der Waals surface area (Å²) in [5.41, 5.74) is 8.90. The van der Waals surface area contributed by atoms with Gasteiger partial charge in [-0.3, -0.25) is 0 Å². The summed E-state index contributed by atoms with van der Waals surface area (Å²) in [7, 11) is 0. The third-order valence-corrected chi connectivity index (χ3v) is 2.49. The number of amidine groups is 1. The van der Waals surface area contributed by atoms with Gasteiger partial charge in [0.15, 0.2) is 0 Å². The highest BCUT2D eigenvalue weighted by molar-refractivity contribution is 6.17. The van der Waals surface area contributed by atoms with Crippen molar-refractivity contribution in [2.75, 3.05) is 6.54 Å². The summed E-state index contributed by atoms with van der Waals surface area (Å²) in [6.45, 7) is 1.44. The Bertz CT molecular complexity index is 374. The maximum Gasteiger partial charge on any atom is 0.114 e. The zero-order valence-corrected chi connectivity index (χ0v) is 8.51. The van der Waals surface area contributed by atoms with E-state index >= 15 is 0 Å². The van der Waals surface area contributed by atoms with Gasteiger partial charge in [0.1, 0.15) is 5.84 Å². The topological polar surface area (TPSA) is 50.4 Å². The number of nitrogens with two attached hydrogens (primary N) is 1. The molecule has 0 bridgehead atoms. The van der Waals surface area contributed by atoms with E-state index in [1.54, 1.807) is 0 Å². The fourth-order valence-corrected chi connectivity index (χ4v) is 1.66. The van der Waals surface area contributed by atoms with E-state index in [9.17, 15) is 0 Å². The van der Waals surface area contributed by atoms with Crippen molar-refractivity contribution in [2.24, 2.45) is 10.7 Å². The number of halogens is 1. The minimum absolute atomic E-state index is 0.534. The molecule has 1 aliphatic rings. The maximum absolute atomic E-state index is 5.76. The average molecular weight is 210 g/mol. The summed E-state index contributed by atoms with van der Waals surface area (Å²) < 4.78 is 0. The molecule has 1 aliphatic heterocycles. The number of rotatable bonds is 1. The van der Waals surface area contributed by atoms with E-state index in [2.05, 4.69) is 16.4 Å². The van der Waals surface area contributed by atoms with Crippen LogP contribution >= 0.6 is 11.6 Å². The minimum Gasteiger partial charge on any atom is -0.386 e. The number of hydrogen-bond acceptors (Lipinski definition) is 3. The number of aliphatic imine (C=N–C) groups is 1. The van der Waals surface area contributed by atoms with Crippen molar-refractivity contribution in [3.63, 3.8) is 0 Å². The quantitative estimate of drug-likeness (QED) is 0.689. The van der Waals surface area contributed by atoms with Crippen molar-refractivity contribution in [2.45, 2.75) is 12.4 Å². The molecule has 2 rings (SSSR count). The van der Waals surface area contributed by atoms with E-state index in [-0.39, 0.29) is 0 Å². The van der Waals surface area contributed by atoms with Crippen molar-refractivity contribution < 1.29 is 0 Å². The smallest absolute Gasteiger partial charge is 0.114 e. The largest absolute Gasteiger partial charge is 0.386 e. The fraction of sp³-hybridized carbons (Fsp3) is 0.300. The molecule has 0 amide bonds. The van der Waals surface area contributed by atoms with E-state index in [4.69, 9.17) is 17.3 Å². The SMILES string of the molecule is NC1=Nc2ccc(CCl)cc2CNC1. The Labute approximate surface area is 88.0 Å². The molecule has 0 unspecified atom stereocenters. The van der Waals surface area contributed by atoms with Gasteiger partial charge < -0.3 is 11.1 Å². The van der Waals surface area contributed by atoms with Crippen molar-refractivity contribution in [1.82, 2.24) is 5.32 Å². The van der Waals surface area contributed by atoms with Gasteiger partial charge in [-0.15, -0.1) is 11.6 Å². The molecule has 1 heterocycles. The van der Waals surface area contributed by atoms with Gasteiger partial charge in [0.2, 0.25) is 0 Å². The first-order chi connectivity index (χ1) is 6.79. The molecule has 0 spiro atoms. The lowest BCUT2D eigenvalue weighted by Crippen LogP contribution is -2.26. The fourth-order valence-electron chi connectivity index (χ4n) is 1.49. The Morgan fingerprint density at radius 3 is 3.07 bits per heavy atom. The zero-order valence-electron chi connectivity index (χ0n) is 7.76. The van der Waals surface area contributed by atoms with Crippen LogP contribution in [0.1, 0.15) is 11.1 Å². The van der Waals surface area contributed by atoms with Crippen LogP contribution in [-0.4, -0.2) is 12.4 Å². The summed E-state index contributed by atoms with van der Waals surface area (Å²) in [6, 6.07) is 6.01. The van der Waals surface area contributed by atoms with Crippen LogP contribution in [0.25, 0.3) is 0 Å².